The average molecular weight is 296 g/mol. The number of hydrogen-bond donors (Lipinski definition) is 1. The summed E-state index contributed by atoms with van der Waals surface area (Å²) < 4.78 is 10.7. The maximum Gasteiger partial charge on any atom is 0.307 e. The van der Waals surface area contributed by atoms with Crippen LogP contribution in [0.25, 0.3) is 0 Å². The highest BCUT2D eigenvalue weighted by molar-refractivity contribution is 5.71. The van der Waals surface area contributed by atoms with Crippen molar-refractivity contribution < 1.29 is 19.2 Å². The Morgan fingerprint density at radius 1 is 1.48 bits per heavy atom. The Balaban J connectivity index is 2.21. The van der Waals surface area contributed by atoms with E-state index in [0.29, 0.717) is 24.1 Å². The first-order valence-corrected chi connectivity index (χ1v) is 7.56. The molecular weight excluding hydrogens is 272 g/mol. The number of ether oxygens (including phenoxy) is 1. The predicted octanol–water partition coefficient (Wildman–Crippen LogP) is 3.02. The molecule has 1 saturated carbocycles. The zero-order valence-corrected chi connectivity index (χ0v) is 13.1. The highest BCUT2D eigenvalue weighted by Gasteiger charge is 2.42. The van der Waals surface area contributed by atoms with E-state index in [1.807, 2.05) is 13.8 Å². The molecule has 21 heavy (non-hydrogen) atoms. The third-order valence-corrected chi connectivity index (χ3v) is 4.44. The molecule has 2 rings (SSSR count). The number of hydrogen-bond acceptors (Lipinski definition) is 5. The summed E-state index contributed by atoms with van der Waals surface area (Å²) in [5.74, 6) is 0.199. The van der Waals surface area contributed by atoms with Gasteiger partial charge >= 0.3 is 5.97 Å². The highest BCUT2D eigenvalue weighted by Crippen LogP contribution is 2.44. The molecule has 6 nitrogen and oxygen atoms in total. The summed E-state index contributed by atoms with van der Waals surface area (Å²) in [6, 6.07) is 0. The van der Waals surface area contributed by atoms with E-state index in [2.05, 4.69) is 17.1 Å². The van der Waals surface area contributed by atoms with E-state index in [0.717, 1.165) is 12.8 Å². The first-order valence-electron chi connectivity index (χ1n) is 7.56. The Morgan fingerprint density at radius 2 is 2.19 bits per heavy atom. The molecule has 1 aliphatic carbocycles. The normalized spacial score (nSPS) is 27.2. The van der Waals surface area contributed by atoms with Crippen LogP contribution in [0.3, 0.4) is 0 Å². The number of aromatic nitrogens is 2. The second-order valence-corrected chi connectivity index (χ2v) is 6.19. The van der Waals surface area contributed by atoms with Gasteiger partial charge in [0, 0.05) is 7.11 Å². The molecule has 0 bridgehead atoms. The Morgan fingerprint density at radius 3 is 2.71 bits per heavy atom. The molecule has 0 saturated heterocycles. The molecule has 1 heterocycles. The van der Waals surface area contributed by atoms with Crippen LogP contribution in [0, 0.1) is 17.8 Å². The minimum Gasteiger partial charge on any atom is -0.481 e. The number of carboxylic acids is 1. The monoisotopic (exact) mass is 296 g/mol. The molecule has 4 atom stereocenters. The lowest BCUT2D eigenvalue weighted by molar-refractivity contribution is -0.142. The molecule has 0 radical (unpaired) electrons. The summed E-state index contributed by atoms with van der Waals surface area (Å²) in [5.41, 5.74) is 0. The molecule has 1 aliphatic rings. The van der Waals surface area contributed by atoms with Crippen LogP contribution in [0.1, 0.15) is 63.8 Å². The second-order valence-electron chi connectivity index (χ2n) is 6.19. The first kappa shape index (κ1) is 15.9. The summed E-state index contributed by atoms with van der Waals surface area (Å²) in [6.07, 6.45) is 2.24. The lowest BCUT2D eigenvalue weighted by Gasteiger charge is -2.14. The topological polar surface area (TPSA) is 85.5 Å². The van der Waals surface area contributed by atoms with Crippen molar-refractivity contribution in [2.45, 2.75) is 52.1 Å². The smallest absolute Gasteiger partial charge is 0.307 e. The number of rotatable bonds is 6. The first-order chi connectivity index (χ1) is 9.97. The van der Waals surface area contributed by atoms with Crippen molar-refractivity contribution in [3.63, 3.8) is 0 Å². The van der Waals surface area contributed by atoms with Gasteiger partial charge in [-0.05, 0) is 24.7 Å². The van der Waals surface area contributed by atoms with E-state index in [1.54, 1.807) is 7.11 Å². The zero-order valence-electron chi connectivity index (χ0n) is 13.1. The Labute approximate surface area is 124 Å². The van der Waals surface area contributed by atoms with E-state index in [-0.39, 0.29) is 17.9 Å². The molecule has 0 aromatic carbocycles. The largest absolute Gasteiger partial charge is 0.481 e. The van der Waals surface area contributed by atoms with Crippen LogP contribution in [0.4, 0.5) is 0 Å². The summed E-state index contributed by atoms with van der Waals surface area (Å²) in [4.78, 5) is 15.9. The summed E-state index contributed by atoms with van der Waals surface area (Å²) in [5, 5.41) is 13.4. The van der Waals surface area contributed by atoms with Crippen molar-refractivity contribution in [3.8, 4) is 0 Å². The van der Waals surface area contributed by atoms with Gasteiger partial charge in [-0.2, -0.15) is 4.98 Å². The van der Waals surface area contributed by atoms with Crippen molar-refractivity contribution in [1.82, 2.24) is 10.1 Å². The second kappa shape index (κ2) is 6.56. The lowest BCUT2D eigenvalue weighted by Crippen LogP contribution is -2.17. The number of aliphatic carboxylic acids is 1. The zero-order chi connectivity index (χ0) is 15.6. The maximum absolute atomic E-state index is 11.4. The van der Waals surface area contributed by atoms with Gasteiger partial charge in [0.05, 0.1) is 11.8 Å². The fourth-order valence-corrected chi connectivity index (χ4v) is 3.21. The predicted molar refractivity (Wildman–Crippen MR) is 75.8 cm³/mol. The van der Waals surface area contributed by atoms with Gasteiger partial charge in [-0.15, -0.1) is 0 Å². The van der Waals surface area contributed by atoms with E-state index < -0.39 is 11.9 Å². The minimum absolute atomic E-state index is 0.182. The lowest BCUT2D eigenvalue weighted by atomic mass is 9.96. The molecule has 1 aromatic rings. The van der Waals surface area contributed by atoms with E-state index in [1.165, 1.54) is 0 Å². The Hall–Kier alpha value is -1.43. The molecule has 1 N–H and O–H groups in total. The third-order valence-electron chi connectivity index (χ3n) is 4.44. The fourth-order valence-electron chi connectivity index (χ4n) is 3.21. The van der Waals surface area contributed by atoms with Gasteiger partial charge in [0.1, 0.15) is 6.10 Å². The van der Waals surface area contributed by atoms with E-state index in [4.69, 9.17) is 9.26 Å². The standard InChI is InChI=1S/C15H24N2O4/c1-5-9-6-10(11(7-9)15(18)19)14-16-13(17-21-14)12(20-4)8(2)3/h8-12H,5-7H2,1-4H3,(H,18,19). The van der Waals surface area contributed by atoms with Crippen LogP contribution >= 0.6 is 0 Å². The molecular formula is C15H24N2O4. The van der Waals surface area contributed by atoms with E-state index >= 15 is 0 Å². The fraction of sp³-hybridized carbons (Fsp3) is 0.800. The molecule has 0 aliphatic heterocycles. The maximum atomic E-state index is 11.4. The van der Waals surface area contributed by atoms with Gasteiger partial charge in [-0.3, -0.25) is 4.79 Å². The molecule has 118 valence electrons. The van der Waals surface area contributed by atoms with Crippen LogP contribution < -0.4 is 0 Å². The minimum atomic E-state index is -0.775. The molecule has 0 amide bonds. The molecule has 1 fully saturated rings. The number of nitrogens with zero attached hydrogens (tertiary/aromatic N) is 2. The SMILES string of the molecule is CCC1CC(C(=O)O)C(c2nc(C(OC)C(C)C)no2)C1. The van der Waals surface area contributed by atoms with Gasteiger partial charge in [0.2, 0.25) is 11.7 Å². The highest BCUT2D eigenvalue weighted by atomic mass is 16.5. The van der Waals surface area contributed by atoms with Gasteiger partial charge in [-0.25, -0.2) is 0 Å². The van der Waals surface area contributed by atoms with Crippen LogP contribution in [-0.2, 0) is 9.53 Å². The van der Waals surface area contributed by atoms with Crippen molar-refractivity contribution in [3.05, 3.63) is 11.7 Å². The van der Waals surface area contributed by atoms with Crippen LogP contribution in [0.15, 0.2) is 4.52 Å². The summed E-state index contributed by atoms with van der Waals surface area (Å²) in [6.45, 7) is 6.13. The quantitative estimate of drug-likeness (QED) is 0.868. The molecule has 6 heteroatoms. The average Bonchev–Trinajstić information content (AvgIpc) is 3.04. The Bertz CT molecular complexity index is 486. The molecule has 1 aromatic heterocycles. The van der Waals surface area contributed by atoms with Crippen molar-refractivity contribution >= 4 is 5.97 Å². The van der Waals surface area contributed by atoms with Gasteiger partial charge < -0.3 is 14.4 Å². The van der Waals surface area contributed by atoms with Crippen molar-refractivity contribution in [1.29, 1.82) is 0 Å². The third kappa shape index (κ3) is 3.26. The number of methoxy groups -OCH3 is 1. The summed E-state index contributed by atoms with van der Waals surface area (Å²) in [7, 11) is 1.61. The van der Waals surface area contributed by atoms with Crippen molar-refractivity contribution in [2.75, 3.05) is 7.11 Å². The Kier molecular flexibility index (Phi) is 4.98. The molecule has 4 unspecified atom stereocenters. The van der Waals surface area contributed by atoms with Gasteiger partial charge in [0.15, 0.2) is 0 Å². The van der Waals surface area contributed by atoms with Crippen LogP contribution in [0.5, 0.6) is 0 Å². The van der Waals surface area contributed by atoms with Crippen molar-refractivity contribution in [2.24, 2.45) is 17.8 Å². The summed E-state index contributed by atoms with van der Waals surface area (Å²) >= 11 is 0. The van der Waals surface area contributed by atoms with Gasteiger partial charge in [0.25, 0.3) is 0 Å². The van der Waals surface area contributed by atoms with Gasteiger partial charge in [-0.1, -0.05) is 32.3 Å². The number of carboxylic acid groups (broad SMARTS) is 1. The van der Waals surface area contributed by atoms with E-state index in [9.17, 15) is 9.90 Å². The number of carbonyl (C=O) groups is 1. The molecule has 0 spiro atoms. The van der Waals surface area contributed by atoms with Crippen LogP contribution in [0.2, 0.25) is 0 Å². The van der Waals surface area contributed by atoms with Crippen LogP contribution in [-0.4, -0.2) is 28.3 Å².